The fraction of sp³-hybridized carbons (Fsp3) is 0.500. The molecule has 0 saturated carbocycles. The predicted octanol–water partition coefficient (Wildman–Crippen LogP) is 2.40. The molecule has 2 heterocycles. The second-order valence-corrected chi connectivity index (χ2v) is 6.72. The Kier molecular flexibility index (Phi) is 5.10. The Labute approximate surface area is 134 Å². The van der Waals surface area contributed by atoms with Crippen LogP contribution < -0.4 is 5.32 Å². The van der Waals surface area contributed by atoms with Crippen LogP contribution in [0, 0.1) is 5.82 Å². The molecule has 1 fully saturated rings. The fourth-order valence-electron chi connectivity index (χ4n) is 2.90. The summed E-state index contributed by atoms with van der Waals surface area (Å²) in [6.45, 7) is 2.36. The highest BCUT2D eigenvalue weighted by Gasteiger charge is 2.29. The van der Waals surface area contributed by atoms with Crippen molar-refractivity contribution in [2.45, 2.75) is 31.8 Å². The van der Waals surface area contributed by atoms with Gasteiger partial charge < -0.3 is 5.32 Å². The van der Waals surface area contributed by atoms with Crippen molar-refractivity contribution in [1.29, 1.82) is 0 Å². The van der Waals surface area contributed by atoms with Crippen LogP contribution in [-0.4, -0.2) is 40.9 Å². The predicted molar refractivity (Wildman–Crippen MR) is 87.4 cm³/mol. The summed E-state index contributed by atoms with van der Waals surface area (Å²) < 4.78 is 13.0. The molecule has 0 aliphatic carbocycles. The minimum absolute atomic E-state index is 0.0370. The largest absolute Gasteiger partial charge is 0.304 e. The number of carbonyl (C=O) groups excluding carboxylic acids is 1. The molecule has 0 spiro atoms. The molecule has 2 aliphatic heterocycles. The summed E-state index contributed by atoms with van der Waals surface area (Å²) in [6.07, 6.45) is 3.03. The second kappa shape index (κ2) is 7.24. The molecule has 0 radical (unpaired) electrons. The Bertz CT molecular complexity index is 561. The number of nitrogens with one attached hydrogen (secondary N) is 1. The van der Waals surface area contributed by atoms with Crippen LogP contribution in [0.25, 0.3) is 0 Å². The van der Waals surface area contributed by atoms with E-state index in [-0.39, 0.29) is 17.8 Å². The van der Waals surface area contributed by atoms with Crippen molar-refractivity contribution < 1.29 is 9.18 Å². The number of halogens is 1. The van der Waals surface area contributed by atoms with Crippen LogP contribution in [0.15, 0.2) is 29.3 Å². The minimum atomic E-state index is -0.229. The van der Waals surface area contributed by atoms with Gasteiger partial charge in [-0.1, -0.05) is 30.3 Å². The van der Waals surface area contributed by atoms with E-state index in [0.717, 1.165) is 48.8 Å². The van der Waals surface area contributed by atoms with Gasteiger partial charge in [-0.2, -0.15) is 0 Å². The van der Waals surface area contributed by atoms with Crippen molar-refractivity contribution >= 4 is 22.8 Å². The lowest BCUT2D eigenvalue weighted by Crippen LogP contribution is -2.49. The molecule has 22 heavy (non-hydrogen) atoms. The molecule has 1 aromatic rings. The van der Waals surface area contributed by atoms with E-state index in [0.29, 0.717) is 6.54 Å². The Morgan fingerprint density at radius 3 is 2.91 bits per heavy atom. The maximum Gasteiger partial charge on any atom is 0.243 e. The van der Waals surface area contributed by atoms with Gasteiger partial charge >= 0.3 is 0 Å². The van der Waals surface area contributed by atoms with Crippen molar-refractivity contribution in [2.24, 2.45) is 4.99 Å². The number of benzene rings is 1. The third-order valence-corrected chi connectivity index (χ3v) is 4.92. The number of likely N-dealkylation sites (tertiary alicyclic amines) is 1. The van der Waals surface area contributed by atoms with Crippen LogP contribution in [0.4, 0.5) is 4.39 Å². The second-order valence-electron chi connectivity index (χ2n) is 5.63. The SMILES string of the molecule is O=C(NC1=NCCS1)[C@@H]1CCCCN1Cc1ccc(F)cc1. The van der Waals surface area contributed by atoms with Crippen molar-refractivity contribution in [3.05, 3.63) is 35.6 Å². The monoisotopic (exact) mass is 321 g/mol. The zero-order valence-electron chi connectivity index (χ0n) is 12.4. The summed E-state index contributed by atoms with van der Waals surface area (Å²) in [5.41, 5.74) is 1.04. The van der Waals surface area contributed by atoms with Crippen molar-refractivity contribution in [3.63, 3.8) is 0 Å². The summed E-state index contributed by atoms with van der Waals surface area (Å²) >= 11 is 1.60. The Morgan fingerprint density at radius 1 is 1.36 bits per heavy atom. The Hall–Kier alpha value is -1.40. The smallest absolute Gasteiger partial charge is 0.243 e. The summed E-state index contributed by atoms with van der Waals surface area (Å²) in [4.78, 5) is 19.0. The average Bonchev–Trinajstić information content (AvgIpc) is 3.03. The average molecular weight is 321 g/mol. The zero-order chi connectivity index (χ0) is 15.4. The first-order valence-electron chi connectivity index (χ1n) is 7.69. The van der Waals surface area contributed by atoms with Crippen LogP contribution in [-0.2, 0) is 11.3 Å². The number of piperidine rings is 1. The van der Waals surface area contributed by atoms with Crippen LogP contribution in [0.3, 0.4) is 0 Å². The summed E-state index contributed by atoms with van der Waals surface area (Å²) in [5, 5.41) is 3.69. The van der Waals surface area contributed by atoms with Gasteiger partial charge in [-0.3, -0.25) is 14.7 Å². The molecule has 118 valence electrons. The number of rotatable bonds is 3. The molecule has 1 amide bonds. The van der Waals surface area contributed by atoms with Crippen LogP contribution in [0.2, 0.25) is 0 Å². The highest BCUT2D eigenvalue weighted by molar-refractivity contribution is 8.14. The summed E-state index contributed by atoms with van der Waals surface area (Å²) in [5.74, 6) is 0.752. The molecule has 1 saturated heterocycles. The molecule has 1 atom stereocenters. The van der Waals surface area contributed by atoms with Crippen molar-refractivity contribution in [3.8, 4) is 0 Å². The Morgan fingerprint density at radius 2 is 2.18 bits per heavy atom. The molecule has 0 bridgehead atoms. The lowest BCUT2D eigenvalue weighted by atomic mass is 10.0. The number of amidine groups is 1. The highest BCUT2D eigenvalue weighted by atomic mass is 32.2. The van der Waals surface area contributed by atoms with Crippen LogP contribution >= 0.6 is 11.8 Å². The molecule has 0 aromatic heterocycles. The topological polar surface area (TPSA) is 44.7 Å². The van der Waals surface area contributed by atoms with Gasteiger partial charge in [0, 0.05) is 12.3 Å². The van der Waals surface area contributed by atoms with Gasteiger partial charge in [-0.25, -0.2) is 4.39 Å². The van der Waals surface area contributed by atoms with Gasteiger partial charge in [-0.05, 0) is 37.1 Å². The lowest BCUT2D eigenvalue weighted by molar-refractivity contribution is -0.126. The van der Waals surface area contributed by atoms with Gasteiger partial charge in [0.25, 0.3) is 0 Å². The molecule has 3 rings (SSSR count). The van der Waals surface area contributed by atoms with Gasteiger partial charge in [-0.15, -0.1) is 0 Å². The quantitative estimate of drug-likeness (QED) is 0.930. The van der Waals surface area contributed by atoms with Crippen molar-refractivity contribution in [2.75, 3.05) is 18.8 Å². The van der Waals surface area contributed by atoms with Crippen molar-refractivity contribution in [1.82, 2.24) is 10.2 Å². The van der Waals surface area contributed by atoms with E-state index in [1.165, 1.54) is 12.1 Å². The van der Waals surface area contributed by atoms with E-state index in [9.17, 15) is 9.18 Å². The summed E-state index contributed by atoms with van der Waals surface area (Å²) in [7, 11) is 0. The lowest BCUT2D eigenvalue weighted by Gasteiger charge is -2.34. The number of hydrogen-bond donors (Lipinski definition) is 1. The minimum Gasteiger partial charge on any atom is -0.304 e. The maximum atomic E-state index is 13.0. The molecule has 4 nitrogen and oxygen atoms in total. The molecular weight excluding hydrogens is 301 g/mol. The van der Waals surface area contributed by atoms with Gasteiger partial charge in [0.05, 0.1) is 12.6 Å². The number of aliphatic imine (C=N–C) groups is 1. The van der Waals surface area contributed by atoms with Gasteiger partial charge in [0.2, 0.25) is 5.91 Å². The molecular formula is C16H20FN3OS. The first-order valence-corrected chi connectivity index (χ1v) is 8.67. The van der Waals surface area contributed by atoms with E-state index in [2.05, 4.69) is 15.2 Å². The molecule has 1 N–H and O–H groups in total. The molecule has 6 heteroatoms. The van der Waals surface area contributed by atoms with E-state index in [1.54, 1.807) is 23.9 Å². The van der Waals surface area contributed by atoms with E-state index in [1.807, 2.05) is 0 Å². The first-order chi connectivity index (χ1) is 10.7. The van der Waals surface area contributed by atoms with Crippen LogP contribution in [0.1, 0.15) is 24.8 Å². The molecule has 0 unspecified atom stereocenters. The zero-order valence-corrected chi connectivity index (χ0v) is 13.2. The third-order valence-electron chi connectivity index (χ3n) is 4.03. The van der Waals surface area contributed by atoms with E-state index in [4.69, 9.17) is 0 Å². The number of carbonyl (C=O) groups is 1. The number of hydrogen-bond acceptors (Lipinski definition) is 4. The van der Waals surface area contributed by atoms with E-state index >= 15 is 0 Å². The molecule has 2 aliphatic rings. The van der Waals surface area contributed by atoms with Crippen LogP contribution in [0.5, 0.6) is 0 Å². The standard InChI is InChI=1S/C16H20FN3OS/c17-13-6-4-12(5-7-13)11-20-9-2-1-3-14(20)15(21)19-16-18-8-10-22-16/h4-7,14H,1-3,8-11H2,(H,18,19,21)/t14-/m0/s1. The summed E-state index contributed by atoms with van der Waals surface area (Å²) in [6, 6.07) is 6.39. The number of amides is 1. The number of thioether (sulfide) groups is 1. The van der Waals surface area contributed by atoms with E-state index < -0.39 is 0 Å². The maximum absolute atomic E-state index is 13.0. The number of nitrogens with zero attached hydrogens (tertiary/aromatic N) is 2. The highest BCUT2D eigenvalue weighted by Crippen LogP contribution is 2.21. The fourth-order valence-corrected chi connectivity index (χ4v) is 3.63. The third kappa shape index (κ3) is 3.87. The normalized spacial score (nSPS) is 22.4. The molecule has 1 aromatic carbocycles. The Balaban J connectivity index is 1.65. The van der Waals surface area contributed by atoms with Gasteiger partial charge in [0.1, 0.15) is 5.82 Å². The first kappa shape index (κ1) is 15.5. The van der Waals surface area contributed by atoms with Gasteiger partial charge in [0.15, 0.2) is 5.17 Å².